The van der Waals surface area contributed by atoms with Crippen LogP contribution in [0.5, 0.6) is 6.01 Å². The summed E-state index contributed by atoms with van der Waals surface area (Å²) in [7, 11) is 0. The second kappa shape index (κ2) is 7.08. The molecule has 0 aliphatic rings. The molecule has 21 heavy (non-hydrogen) atoms. The van der Waals surface area contributed by atoms with Gasteiger partial charge in [-0.1, -0.05) is 23.7 Å². The average molecular weight is 308 g/mol. The molecule has 0 atom stereocenters. The first-order valence-corrected chi connectivity index (χ1v) is 7.14. The van der Waals surface area contributed by atoms with Crippen LogP contribution in [0.2, 0.25) is 5.02 Å². The molecule has 0 aliphatic heterocycles. The first-order valence-electron chi connectivity index (χ1n) is 6.76. The number of anilines is 3. The van der Waals surface area contributed by atoms with Gasteiger partial charge in [0.15, 0.2) is 0 Å². The van der Waals surface area contributed by atoms with Gasteiger partial charge in [0.25, 0.3) is 0 Å². The molecule has 6 nitrogen and oxygen atoms in total. The van der Waals surface area contributed by atoms with E-state index in [1.807, 2.05) is 39.0 Å². The number of nitrogens with zero attached hydrogens (tertiary/aromatic N) is 3. The van der Waals surface area contributed by atoms with Gasteiger partial charge in [-0.2, -0.15) is 15.0 Å². The predicted octanol–water partition coefficient (Wildman–Crippen LogP) is 3.49. The van der Waals surface area contributed by atoms with E-state index in [9.17, 15) is 0 Å². The minimum Gasteiger partial charge on any atom is -0.461 e. The summed E-state index contributed by atoms with van der Waals surface area (Å²) >= 11 is 6.12. The molecule has 0 aliphatic carbocycles. The van der Waals surface area contributed by atoms with Crippen molar-refractivity contribution in [3.8, 4) is 6.01 Å². The maximum Gasteiger partial charge on any atom is 0.323 e. The van der Waals surface area contributed by atoms with Gasteiger partial charge in [0.05, 0.1) is 16.8 Å². The van der Waals surface area contributed by atoms with E-state index in [4.69, 9.17) is 16.3 Å². The zero-order valence-corrected chi connectivity index (χ0v) is 13.0. The van der Waals surface area contributed by atoms with E-state index in [0.717, 1.165) is 5.69 Å². The Kier molecular flexibility index (Phi) is 5.16. The molecule has 1 aromatic heterocycles. The Hall–Kier alpha value is -2.08. The minimum absolute atomic E-state index is 0.0185. The lowest BCUT2D eigenvalue weighted by atomic mass is 10.3. The Balaban J connectivity index is 2.29. The Bertz CT molecular complexity index is 606. The fourth-order valence-corrected chi connectivity index (χ4v) is 1.78. The average Bonchev–Trinajstić information content (AvgIpc) is 2.41. The predicted molar refractivity (Wildman–Crippen MR) is 84.5 cm³/mol. The van der Waals surface area contributed by atoms with Crippen LogP contribution in [0.1, 0.15) is 20.8 Å². The number of hydrogen-bond acceptors (Lipinski definition) is 6. The molecule has 0 unspecified atom stereocenters. The maximum absolute atomic E-state index is 6.12. The van der Waals surface area contributed by atoms with Gasteiger partial charge in [0, 0.05) is 6.54 Å². The van der Waals surface area contributed by atoms with Crippen LogP contribution in [-0.2, 0) is 0 Å². The quantitative estimate of drug-likeness (QED) is 0.851. The molecule has 0 radical (unpaired) electrons. The van der Waals surface area contributed by atoms with Crippen LogP contribution in [0.4, 0.5) is 17.6 Å². The van der Waals surface area contributed by atoms with Crippen LogP contribution in [0.15, 0.2) is 24.3 Å². The van der Waals surface area contributed by atoms with Crippen molar-refractivity contribution in [2.24, 2.45) is 0 Å². The fraction of sp³-hybridized carbons (Fsp3) is 0.357. The van der Waals surface area contributed by atoms with Gasteiger partial charge >= 0.3 is 6.01 Å². The van der Waals surface area contributed by atoms with Gasteiger partial charge in [-0.15, -0.1) is 0 Å². The lowest BCUT2D eigenvalue weighted by Gasteiger charge is -2.12. The standard InChI is InChI=1S/C14H18ClN5O/c1-4-16-12-18-13(20-14(19-12)21-9(2)3)17-11-8-6-5-7-10(11)15/h5-9H,4H2,1-3H3,(H2,16,17,18,19,20). The molecule has 0 spiro atoms. The van der Waals surface area contributed by atoms with Crippen molar-refractivity contribution in [2.45, 2.75) is 26.9 Å². The van der Waals surface area contributed by atoms with Gasteiger partial charge in [0.2, 0.25) is 11.9 Å². The lowest BCUT2D eigenvalue weighted by Crippen LogP contribution is -2.12. The summed E-state index contributed by atoms with van der Waals surface area (Å²) in [5, 5.41) is 6.71. The van der Waals surface area contributed by atoms with E-state index in [-0.39, 0.29) is 12.1 Å². The lowest BCUT2D eigenvalue weighted by molar-refractivity contribution is 0.222. The SMILES string of the molecule is CCNc1nc(Nc2ccccc2Cl)nc(OC(C)C)n1. The minimum atomic E-state index is -0.0185. The highest BCUT2D eigenvalue weighted by atomic mass is 35.5. The third-order valence-electron chi connectivity index (χ3n) is 2.41. The molecule has 2 aromatic rings. The molecule has 1 heterocycles. The number of benzene rings is 1. The van der Waals surface area contributed by atoms with E-state index in [1.165, 1.54) is 0 Å². The second-order valence-electron chi connectivity index (χ2n) is 4.57. The molecule has 2 N–H and O–H groups in total. The number of halogens is 1. The fourth-order valence-electron chi connectivity index (χ4n) is 1.60. The van der Waals surface area contributed by atoms with Gasteiger partial charge in [-0.3, -0.25) is 0 Å². The normalized spacial score (nSPS) is 10.5. The van der Waals surface area contributed by atoms with E-state index in [1.54, 1.807) is 6.07 Å². The molecular weight excluding hydrogens is 290 g/mol. The molecular formula is C14H18ClN5O. The van der Waals surface area contributed by atoms with Gasteiger partial charge in [-0.05, 0) is 32.9 Å². The third kappa shape index (κ3) is 4.46. The topological polar surface area (TPSA) is 72.0 Å². The highest BCUT2D eigenvalue weighted by Gasteiger charge is 2.10. The van der Waals surface area contributed by atoms with E-state index < -0.39 is 0 Å². The molecule has 0 saturated carbocycles. The van der Waals surface area contributed by atoms with Crippen LogP contribution >= 0.6 is 11.6 Å². The molecule has 7 heteroatoms. The van der Waals surface area contributed by atoms with Crippen molar-refractivity contribution in [1.82, 2.24) is 15.0 Å². The monoisotopic (exact) mass is 307 g/mol. The Morgan fingerprint density at radius 1 is 1.14 bits per heavy atom. The first kappa shape index (κ1) is 15.3. The van der Waals surface area contributed by atoms with Crippen molar-refractivity contribution >= 4 is 29.2 Å². The number of ether oxygens (including phenoxy) is 1. The number of hydrogen-bond donors (Lipinski definition) is 2. The Morgan fingerprint density at radius 3 is 2.52 bits per heavy atom. The van der Waals surface area contributed by atoms with Crippen molar-refractivity contribution in [2.75, 3.05) is 17.2 Å². The van der Waals surface area contributed by atoms with Gasteiger partial charge in [-0.25, -0.2) is 0 Å². The largest absolute Gasteiger partial charge is 0.461 e. The van der Waals surface area contributed by atoms with Gasteiger partial charge in [0.1, 0.15) is 0 Å². The molecule has 0 amide bonds. The Labute approximate surface area is 128 Å². The van der Waals surface area contributed by atoms with Crippen molar-refractivity contribution < 1.29 is 4.74 Å². The van der Waals surface area contributed by atoms with Crippen molar-refractivity contribution in [3.63, 3.8) is 0 Å². The maximum atomic E-state index is 6.12. The van der Waals surface area contributed by atoms with Crippen LogP contribution in [0, 0.1) is 0 Å². The van der Waals surface area contributed by atoms with Crippen LogP contribution in [0.3, 0.4) is 0 Å². The zero-order valence-electron chi connectivity index (χ0n) is 12.2. The number of rotatable bonds is 6. The first-order chi connectivity index (χ1) is 10.1. The molecule has 0 bridgehead atoms. The van der Waals surface area contributed by atoms with Crippen molar-refractivity contribution in [3.05, 3.63) is 29.3 Å². The highest BCUT2D eigenvalue weighted by molar-refractivity contribution is 6.33. The zero-order chi connectivity index (χ0) is 15.2. The molecule has 2 rings (SSSR count). The van der Waals surface area contributed by atoms with E-state index >= 15 is 0 Å². The van der Waals surface area contributed by atoms with E-state index in [0.29, 0.717) is 23.5 Å². The smallest absolute Gasteiger partial charge is 0.323 e. The molecule has 0 fully saturated rings. The summed E-state index contributed by atoms with van der Waals surface area (Å²) in [6.07, 6.45) is -0.0185. The summed E-state index contributed by atoms with van der Waals surface area (Å²) in [5.74, 6) is 0.836. The van der Waals surface area contributed by atoms with Crippen LogP contribution < -0.4 is 15.4 Å². The van der Waals surface area contributed by atoms with Crippen LogP contribution in [-0.4, -0.2) is 27.6 Å². The molecule has 112 valence electrons. The second-order valence-corrected chi connectivity index (χ2v) is 4.97. The third-order valence-corrected chi connectivity index (χ3v) is 2.74. The summed E-state index contributed by atoms with van der Waals surface area (Å²) in [6.45, 7) is 6.50. The summed E-state index contributed by atoms with van der Waals surface area (Å²) < 4.78 is 5.53. The summed E-state index contributed by atoms with van der Waals surface area (Å²) in [6, 6.07) is 7.65. The number of aromatic nitrogens is 3. The Morgan fingerprint density at radius 2 is 1.86 bits per heavy atom. The number of nitrogens with one attached hydrogen (secondary N) is 2. The van der Waals surface area contributed by atoms with Gasteiger partial charge < -0.3 is 15.4 Å². The highest BCUT2D eigenvalue weighted by Crippen LogP contribution is 2.24. The molecule has 0 saturated heterocycles. The van der Waals surface area contributed by atoms with Crippen LogP contribution in [0.25, 0.3) is 0 Å². The summed E-state index contributed by atoms with van der Waals surface area (Å²) in [5.41, 5.74) is 0.725. The van der Waals surface area contributed by atoms with E-state index in [2.05, 4.69) is 25.6 Å². The molecule has 1 aromatic carbocycles. The van der Waals surface area contributed by atoms with Crippen molar-refractivity contribution in [1.29, 1.82) is 0 Å². The number of para-hydroxylation sites is 1. The summed E-state index contributed by atoms with van der Waals surface area (Å²) in [4.78, 5) is 12.7.